The Hall–Kier alpha value is -1.17. The Balaban J connectivity index is 2.45. The Bertz CT molecular complexity index is 646. The predicted molar refractivity (Wildman–Crippen MR) is 87.3 cm³/mol. The molecule has 1 heterocycles. The number of aromatic nitrogens is 1. The van der Waals surface area contributed by atoms with E-state index in [1.165, 1.54) is 0 Å². The molecule has 3 N–H and O–H groups in total. The van der Waals surface area contributed by atoms with Crippen LogP contribution in [0.3, 0.4) is 0 Å². The van der Waals surface area contributed by atoms with Gasteiger partial charge in [0.2, 0.25) is 0 Å². The molecule has 2 aromatic rings. The van der Waals surface area contributed by atoms with E-state index in [2.05, 4.69) is 26.2 Å². The maximum Gasteiger partial charge on any atom is 0.140 e. The van der Waals surface area contributed by atoms with Gasteiger partial charge in [0.1, 0.15) is 10.8 Å². The molecule has 0 fully saturated rings. The van der Waals surface area contributed by atoms with Gasteiger partial charge in [-0.25, -0.2) is 4.98 Å². The van der Waals surface area contributed by atoms with Crippen LogP contribution in [-0.2, 0) is 0 Å². The highest BCUT2D eigenvalue weighted by Gasteiger charge is 2.09. The van der Waals surface area contributed by atoms with Crippen LogP contribution in [0.1, 0.15) is 11.3 Å². The summed E-state index contributed by atoms with van der Waals surface area (Å²) < 4.78 is 0.920. The number of thiocarbonyl (C=S) groups is 1. The summed E-state index contributed by atoms with van der Waals surface area (Å²) in [6.45, 7) is 1.90. The Morgan fingerprint density at radius 1 is 1.37 bits per heavy atom. The highest BCUT2D eigenvalue weighted by molar-refractivity contribution is 9.10. The van der Waals surface area contributed by atoms with Crippen LogP contribution in [0, 0.1) is 6.92 Å². The second-order valence-corrected chi connectivity index (χ2v) is 5.72. The fourth-order valence-corrected chi connectivity index (χ4v) is 2.26. The van der Waals surface area contributed by atoms with E-state index in [0.29, 0.717) is 21.4 Å². The molecule has 0 bridgehead atoms. The first kappa shape index (κ1) is 14.2. The van der Waals surface area contributed by atoms with Crippen molar-refractivity contribution < 1.29 is 0 Å². The van der Waals surface area contributed by atoms with Crippen LogP contribution in [-0.4, -0.2) is 9.97 Å². The van der Waals surface area contributed by atoms with Crippen molar-refractivity contribution >= 4 is 56.2 Å². The second-order valence-electron chi connectivity index (χ2n) is 3.96. The van der Waals surface area contributed by atoms with Gasteiger partial charge in [0.15, 0.2) is 0 Å². The topological polar surface area (TPSA) is 50.9 Å². The summed E-state index contributed by atoms with van der Waals surface area (Å²) >= 11 is 14.6. The first-order valence-corrected chi connectivity index (χ1v) is 7.05. The Morgan fingerprint density at radius 2 is 2.11 bits per heavy atom. The van der Waals surface area contributed by atoms with Crippen molar-refractivity contribution in [2.75, 3.05) is 5.32 Å². The minimum Gasteiger partial charge on any atom is -0.389 e. The summed E-state index contributed by atoms with van der Waals surface area (Å²) in [6, 6.07) is 9.24. The summed E-state index contributed by atoms with van der Waals surface area (Å²) in [6.07, 6.45) is 0. The molecule has 0 amide bonds. The third kappa shape index (κ3) is 3.43. The Labute approximate surface area is 130 Å². The number of hydrogen-bond donors (Lipinski definition) is 2. The van der Waals surface area contributed by atoms with Crippen LogP contribution in [0.25, 0.3) is 0 Å². The summed E-state index contributed by atoms with van der Waals surface area (Å²) in [5, 5.41) is 3.76. The standard InChI is InChI=1S/C13H11BrClN3S/c1-7-2-4-9(12(16)19)13(17-7)18-11-6-8(14)3-5-10(11)15/h2-6H,1H3,(H2,16,19)(H,17,18). The molecule has 0 saturated carbocycles. The molecule has 98 valence electrons. The number of nitrogens with two attached hydrogens (primary N) is 1. The first-order chi connectivity index (χ1) is 8.97. The molecule has 0 atom stereocenters. The van der Waals surface area contributed by atoms with Gasteiger partial charge < -0.3 is 11.1 Å². The highest BCUT2D eigenvalue weighted by Crippen LogP contribution is 2.29. The first-order valence-electron chi connectivity index (χ1n) is 5.47. The van der Waals surface area contributed by atoms with Gasteiger partial charge in [-0.15, -0.1) is 0 Å². The molecular weight excluding hydrogens is 346 g/mol. The molecule has 0 saturated heterocycles. The highest BCUT2D eigenvalue weighted by atomic mass is 79.9. The SMILES string of the molecule is Cc1ccc(C(N)=S)c(Nc2cc(Br)ccc2Cl)n1. The third-order valence-electron chi connectivity index (χ3n) is 2.48. The minimum absolute atomic E-state index is 0.293. The lowest BCUT2D eigenvalue weighted by molar-refractivity contribution is 1.19. The smallest absolute Gasteiger partial charge is 0.140 e. The van der Waals surface area contributed by atoms with E-state index in [1.807, 2.05) is 31.2 Å². The van der Waals surface area contributed by atoms with Gasteiger partial charge in [-0.3, -0.25) is 0 Å². The summed E-state index contributed by atoms with van der Waals surface area (Å²) in [7, 11) is 0. The second kappa shape index (κ2) is 5.86. The summed E-state index contributed by atoms with van der Waals surface area (Å²) in [5.41, 5.74) is 8.00. The average Bonchev–Trinajstić information content (AvgIpc) is 2.33. The van der Waals surface area contributed by atoms with Gasteiger partial charge in [-0.1, -0.05) is 39.7 Å². The molecule has 0 radical (unpaired) electrons. The van der Waals surface area contributed by atoms with Crippen LogP contribution in [0.5, 0.6) is 0 Å². The lowest BCUT2D eigenvalue weighted by Gasteiger charge is -2.12. The van der Waals surface area contributed by atoms with Crippen LogP contribution in [0.2, 0.25) is 5.02 Å². The lowest BCUT2D eigenvalue weighted by atomic mass is 10.2. The largest absolute Gasteiger partial charge is 0.389 e. The van der Waals surface area contributed by atoms with Crippen molar-refractivity contribution in [1.82, 2.24) is 4.98 Å². The number of rotatable bonds is 3. The molecule has 1 aromatic heterocycles. The Kier molecular flexibility index (Phi) is 4.39. The normalized spacial score (nSPS) is 10.3. The molecule has 1 aromatic carbocycles. The van der Waals surface area contributed by atoms with Crippen molar-refractivity contribution in [3.63, 3.8) is 0 Å². The number of nitrogens with one attached hydrogen (secondary N) is 1. The molecule has 0 aliphatic carbocycles. The molecule has 0 aliphatic heterocycles. The molecule has 3 nitrogen and oxygen atoms in total. The van der Waals surface area contributed by atoms with Crippen molar-refractivity contribution in [2.45, 2.75) is 6.92 Å². The predicted octanol–water partition coefficient (Wildman–Crippen LogP) is 4.18. The average molecular weight is 357 g/mol. The molecule has 6 heteroatoms. The molecule has 0 unspecified atom stereocenters. The van der Waals surface area contributed by atoms with Gasteiger partial charge in [0, 0.05) is 10.2 Å². The number of hydrogen-bond acceptors (Lipinski definition) is 3. The molecule has 2 rings (SSSR count). The summed E-state index contributed by atoms with van der Waals surface area (Å²) in [4.78, 5) is 4.70. The Morgan fingerprint density at radius 3 is 2.79 bits per heavy atom. The number of benzene rings is 1. The number of nitrogens with zero attached hydrogens (tertiary/aromatic N) is 1. The van der Waals surface area contributed by atoms with Crippen LogP contribution in [0.4, 0.5) is 11.5 Å². The zero-order valence-electron chi connectivity index (χ0n) is 10.1. The van der Waals surface area contributed by atoms with E-state index >= 15 is 0 Å². The van der Waals surface area contributed by atoms with E-state index in [4.69, 9.17) is 29.6 Å². The van der Waals surface area contributed by atoms with E-state index < -0.39 is 0 Å². The van der Waals surface area contributed by atoms with E-state index in [9.17, 15) is 0 Å². The molecular formula is C13H11BrClN3S. The van der Waals surface area contributed by atoms with E-state index in [0.717, 1.165) is 15.9 Å². The molecule has 0 spiro atoms. The van der Waals surface area contributed by atoms with Crippen molar-refractivity contribution in [2.24, 2.45) is 5.73 Å². The maximum atomic E-state index is 6.14. The van der Waals surface area contributed by atoms with Crippen molar-refractivity contribution in [1.29, 1.82) is 0 Å². The lowest BCUT2D eigenvalue weighted by Crippen LogP contribution is -2.13. The van der Waals surface area contributed by atoms with Crippen LogP contribution in [0.15, 0.2) is 34.8 Å². The summed E-state index contributed by atoms with van der Waals surface area (Å²) in [5.74, 6) is 0.604. The molecule has 19 heavy (non-hydrogen) atoms. The van der Waals surface area contributed by atoms with Gasteiger partial charge in [0.25, 0.3) is 0 Å². The zero-order chi connectivity index (χ0) is 14.0. The van der Waals surface area contributed by atoms with Crippen molar-refractivity contribution in [3.05, 3.63) is 51.1 Å². The number of aryl methyl sites for hydroxylation is 1. The van der Waals surface area contributed by atoms with Gasteiger partial charge in [0.05, 0.1) is 16.3 Å². The zero-order valence-corrected chi connectivity index (χ0v) is 13.2. The number of anilines is 2. The number of halogens is 2. The monoisotopic (exact) mass is 355 g/mol. The van der Waals surface area contributed by atoms with Gasteiger partial charge >= 0.3 is 0 Å². The van der Waals surface area contributed by atoms with Crippen LogP contribution < -0.4 is 11.1 Å². The van der Waals surface area contributed by atoms with Gasteiger partial charge in [-0.2, -0.15) is 0 Å². The van der Waals surface area contributed by atoms with Crippen LogP contribution >= 0.6 is 39.7 Å². The number of pyridine rings is 1. The van der Waals surface area contributed by atoms with E-state index in [1.54, 1.807) is 6.07 Å². The van der Waals surface area contributed by atoms with E-state index in [-0.39, 0.29) is 0 Å². The van der Waals surface area contributed by atoms with Crippen molar-refractivity contribution in [3.8, 4) is 0 Å². The third-order valence-corrected chi connectivity index (χ3v) is 3.52. The molecule has 0 aliphatic rings. The fraction of sp³-hybridized carbons (Fsp3) is 0.0769. The minimum atomic E-state index is 0.293. The quantitative estimate of drug-likeness (QED) is 0.810. The fourth-order valence-electron chi connectivity index (χ4n) is 1.57. The van der Waals surface area contributed by atoms with Gasteiger partial charge in [-0.05, 0) is 37.3 Å². The maximum absolute atomic E-state index is 6.14.